The second-order valence-electron chi connectivity index (χ2n) is 6.75. The maximum absolute atomic E-state index is 12.4. The Morgan fingerprint density at radius 3 is 2.54 bits per heavy atom. The number of rotatable bonds is 4. The number of nitrogens with zero attached hydrogens (tertiary/aromatic N) is 2. The molecule has 3 unspecified atom stereocenters. The summed E-state index contributed by atoms with van der Waals surface area (Å²) in [4.78, 5) is 18.1. The largest absolute Gasteiger partial charge is 0.573 e. The van der Waals surface area contributed by atoms with Crippen molar-refractivity contribution in [3.63, 3.8) is 0 Å². The molecule has 28 heavy (non-hydrogen) atoms. The number of hydrogen-bond donors (Lipinski definition) is 0. The minimum absolute atomic E-state index is 0.0232. The maximum atomic E-state index is 12.4. The molecule has 0 N–H and O–H groups in total. The lowest BCUT2D eigenvalue weighted by molar-refractivity contribution is -0.274. The third-order valence-corrected chi connectivity index (χ3v) is 7.86. The third-order valence-electron chi connectivity index (χ3n) is 4.65. The van der Waals surface area contributed by atoms with Gasteiger partial charge in [-0.3, -0.25) is 4.79 Å². The number of hydrogen-bond acceptors (Lipinski definition) is 5. The van der Waals surface area contributed by atoms with E-state index in [1.54, 1.807) is 11.8 Å². The molecule has 0 spiro atoms. The molecule has 2 saturated heterocycles. The van der Waals surface area contributed by atoms with Crippen molar-refractivity contribution in [1.82, 2.24) is 0 Å². The fourth-order valence-corrected chi connectivity index (χ4v) is 6.97. The standard InChI is InChI=1S/C17H19F3N2O4S2/c1-3-10(2)15(23)21-16-22(13-8-28(24,25)9-14(13)27-16)11-4-6-12(7-5-11)26-17(18,19)20/h4-7,10,13-14H,3,8-9H2,1-2H3. The molecule has 2 aliphatic rings. The molecule has 0 bridgehead atoms. The van der Waals surface area contributed by atoms with Crippen molar-refractivity contribution < 1.29 is 31.1 Å². The molecule has 0 radical (unpaired) electrons. The summed E-state index contributed by atoms with van der Waals surface area (Å²) in [5.74, 6) is -1.09. The van der Waals surface area contributed by atoms with E-state index in [1.807, 2.05) is 6.92 Å². The molecule has 11 heteroatoms. The smallest absolute Gasteiger partial charge is 0.406 e. The normalized spacial score (nSPS) is 26.3. The van der Waals surface area contributed by atoms with Gasteiger partial charge in [0.05, 0.1) is 17.5 Å². The minimum Gasteiger partial charge on any atom is -0.406 e. The Hall–Kier alpha value is -1.75. The number of aliphatic imine (C=N–C) groups is 1. The van der Waals surface area contributed by atoms with Crippen molar-refractivity contribution in [3.05, 3.63) is 24.3 Å². The molecule has 1 amide bonds. The Bertz CT molecular complexity index is 885. The minimum atomic E-state index is -4.80. The van der Waals surface area contributed by atoms with Gasteiger partial charge in [0.25, 0.3) is 5.91 Å². The van der Waals surface area contributed by atoms with E-state index in [1.165, 1.54) is 23.9 Å². The second kappa shape index (κ2) is 7.58. The van der Waals surface area contributed by atoms with Crippen LogP contribution in [0.15, 0.2) is 29.3 Å². The molecule has 2 aliphatic heterocycles. The lowest BCUT2D eigenvalue weighted by Crippen LogP contribution is -2.37. The molecule has 6 nitrogen and oxygen atoms in total. The number of carbonyl (C=O) groups excluding carboxylic acids is 1. The van der Waals surface area contributed by atoms with Crippen molar-refractivity contribution in [3.8, 4) is 5.75 Å². The molecule has 1 aromatic rings. The van der Waals surface area contributed by atoms with Crippen LogP contribution < -0.4 is 9.64 Å². The van der Waals surface area contributed by atoms with Gasteiger partial charge < -0.3 is 9.64 Å². The molecule has 3 atom stereocenters. The van der Waals surface area contributed by atoms with Gasteiger partial charge in [0.1, 0.15) is 5.75 Å². The Kier molecular flexibility index (Phi) is 5.68. The summed E-state index contributed by atoms with van der Waals surface area (Å²) in [5, 5.41) is 0.0966. The first-order valence-corrected chi connectivity index (χ1v) is 11.3. The third kappa shape index (κ3) is 4.62. The number of amides is 1. The van der Waals surface area contributed by atoms with Crippen LogP contribution in [-0.4, -0.2) is 48.7 Å². The van der Waals surface area contributed by atoms with Gasteiger partial charge in [-0.1, -0.05) is 25.6 Å². The van der Waals surface area contributed by atoms with Crippen LogP contribution in [0.4, 0.5) is 18.9 Å². The molecule has 154 valence electrons. The Morgan fingerprint density at radius 2 is 1.96 bits per heavy atom. The Balaban J connectivity index is 1.93. The number of amidine groups is 1. The molecule has 1 aromatic carbocycles. The summed E-state index contributed by atoms with van der Waals surface area (Å²) < 4.78 is 65.0. The highest BCUT2D eigenvalue weighted by atomic mass is 32.2. The van der Waals surface area contributed by atoms with Crippen LogP contribution in [0, 0.1) is 5.92 Å². The van der Waals surface area contributed by atoms with Gasteiger partial charge in [-0.2, -0.15) is 4.99 Å². The van der Waals surface area contributed by atoms with Crippen LogP contribution >= 0.6 is 11.8 Å². The lowest BCUT2D eigenvalue weighted by Gasteiger charge is -2.25. The molecule has 2 fully saturated rings. The maximum Gasteiger partial charge on any atom is 0.573 e. The first kappa shape index (κ1) is 21.0. The van der Waals surface area contributed by atoms with E-state index < -0.39 is 22.2 Å². The van der Waals surface area contributed by atoms with E-state index in [4.69, 9.17) is 0 Å². The Morgan fingerprint density at radius 1 is 1.32 bits per heavy atom. The van der Waals surface area contributed by atoms with Gasteiger partial charge in [-0.15, -0.1) is 13.2 Å². The van der Waals surface area contributed by atoms with E-state index in [0.29, 0.717) is 17.3 Å². The van der Waals surface area contributed by atoms with Crippen LogP contribution in [0.1, 0.15) is 20.3 Å². The monoisotopic (exact) mass is 436 g/mol. The van der Waals surface area contributed by atoms with Gasteiger partial charge >= 0.3 is 6.36 Å². The van der Waals surface area contributed by atoms with Crippen LogP contribution in [0.2, 0.25) is 0 Å². The number of benzene rings is 1. The van der Waals surface area contributed by atoms with E-state index >= 15 is 0 Å². The topological polar surface area (TPSA) is 76.0 Å². The number of ether oxygens (including phenoxy) is 1. The Labute approximate surface area is 165 Å². The van der Waals surface area contributed by atoms with Gasteiger partial charge in [-0.05, 0) is 30.7 Å². The van der Waals surface area contributed by atoms with Crippen LogP contribution in [0.3, 0.4) is 0 Å². The average Bonchev–Trinajstić information content (AvgIpc) is 3.04. The number of halogens is 3. The van der Waals surface area contributed by atoms with Crippen LogP contribution in [0.5, 0.6) is 5.75 Å². The van der Waals surface area contributed by atoms with Gasteiger partial charge in [0.15, 0.2) is 15.0 Å². The summed E-state index contributed by atoms with van der Waals surface area (Å²) in [5.41, 5.74) is 0.460. The lowest BCUT2D eigenvalue weighted by atomic mass is 10.1. The van der Waals surface area contributed by atoms with Crippen molar-refractivity contribution >= 4 is 38.4 Å². The molecule has 0 aromatic heterocycles. The number of fused-ring (bicyclic) bond motifs is 1. The number of sulfone groups is 1. The summed E-state index contributed by atoms with van der Waals surface area (Å²) in [6.45, 7) is 3.62. The van der Waals surface area contributed by atoms with Gasteiger partial charge in [-0.25, -0.2) is 8.42 Å². The molecular weight excluding hydrogens is 417 g/mol. The first-order valence-electron chi connectivity index (χ1n) is 8.64. The number of alkyl halides is 3. The average molecular weight is 436 g/mol. The summed E-state index contributed by atoms with van der Waals surface area (Å²) in [6.07, 6.45) is -4.18. The van der Waals surface area contributed by atoms with Crippen molar-refractivity contribution in [2.24, 2.45) is 10.9 Å². The fourth-order valence-electron chi connectivity index (χ4n) is 3.05. The van der Waals surface area contributed by atoms with Crippen molar-refractivity contribution in [1.29, 1.82) is 0 Å². The molecule has 2 heterocycles. The molecular formula is C17H19F3N2O4S2. The van der Waals surface area contributed by atoms with Crippen molar-refractivity contribution in [2.75, 3.05) is 16.4 Å². The summed E-state index contributed by atoms with van der Waals surface area (Å²) in [7, 11) is -3.23. The molecule has 0 aliphatic carbocycles. The van der Waals surface area contributed by atoms with Gasteiger partial charge in [0.2, 0.25) is 0 Å². The molecule has 3 rings (SSSR count). The number of thioether (sulfide) groups is 1. The number of anilines is 1. The van der Waals surface area contributed by atoms with E-state index in [2.05, 4.69) is 9.73 Å². The summed E-state index contributed by atoms with van der Waals surface area (Å²) in [6, 6.07) is 4.68. The van der Waals surface area contributed by atoms with E-state index in [-0.39, 0.29) is 34.3 Å². The zero-order chi connectivity index (χ0) is 20.7. The SMILES string of the molecule is CCC(C)C(=O)N=C1SC2CS(=O)(=O)CC2N1c1ccc(OC(F)(F)F)cc1. The second-order valence-corrected chi connectivity index (χ2v) is 10.1. The fraction of sp³-hybridized carbons (Fsp3) is 0.529. The first-order chi connectivity index (χ1) is 13.0. The highest BCUT2D eigenvalue weighted by molar-refractivity contribution is 8.16. The number of carbonyl (C=O) groups is 1. The summed E-state index contributed by atoms with van der Waals surface area (Å²) >= 11 is 1.22. The van der Waals surface area contributed by atoms with Crippen LogP contribution in [0.25, 0.3) is 0 Å². The van der Waals surface area contributed by atoms with E-state index in [9.17, 15) is 26.4 Å². The zero-order valence-electron chi connectivity index (χ0n) is 15.1. The predicted molar refractivity (Wildman–Crippen MR) is 101 cm³/mol. The zero-order valence-corrected chi connectivity index (χ0v) is 16.8. The van der Waals surface area contributed by atoms with Crippen LogP contribution in [-0.2, 0) is 14.6 Å². The van der Waals surface area contributed by atoms with Crippen molar-refractivity contribution in [2.45, 2.75) is 37.9 Å². The highest BCUT2D eigenvalue weighted by Crippen LogP contribution is 2.41. The quantitative estimate of drug-likeness (QED) is 0.721. The van der Waals surface area contributed by atoms with Gasteiger partial charge in [0, 0.05) is 16.9 Å². The molecule has 0 saturated carbocycles. The highest BCUT2D eigenvalue weighted by Gasteiger charge is 2.49. The predicted octanol–water partition coefficient (Wildman–Crippen LogP) is 3.23. The van der Waals surface area contributed by atoms with E-state index in [0.717, 1.165) is 12.1 Å².